The fourth-order valence-corrected chi connectivity index (χ4v) is 2.31. The number of nitrogens with two attached hydrogens (primary N) is 1. The SMILES string of the molecule is Cc1cc(F)ccc1CC(N)c1ccc(I)cc1. The summed E-state index contributed by atoms with van der Waals surface area (Å²) >= 11 is 2.27. The van der Waals surface area contributed by atoms with Crippen LogP contribution >= 0.6 is 22.6 Å². The molecule has 0 aliphatic heterocycles. The van der Waals surface area contributed by atoms with Crippen LogP contribution in [0.3, 0.4) is 0 Å². The lowest BCUT2D eigenvalue weighted by atomic mass is 9.97. The van der Waals surface area contributed by atoms with Gasteiger partial charge in [-0.1, -0.05) is 18.2 Å². The summed E-state index contributed by atoms with van der Waals surface area (Å²) in [5.41, 5.74) is 9.35. The van der Waals surface area contributed by atoms with Crippen LogP contribution in [0.4, 0.5) is 4.39 Å². The minimum absolute atomic E-state index is 0.0499. The summed E-state index contributed by atoms with van der Waals surface area (Å²) in [6.07, 6.45) is 0.729. The molecule has 0 amide bonds. The second-order valence-corrected chi connectivity index (χ2v) is 5.68. The van der Waals surface area contributed by atoms with Crippen LogP contribution in [0.25, 0.3) is 0 Å². The van der Waals surface area contributed by atoms with Gasteiger partial charge in [0.05, 0.1) is 0 Å². The van der Waals surface area contributed by atoms with E-state index in [1.54, 1.807) is 6.07 Å². The van der Waals surface area contributed by atoms with Crippen molar-refractivity contribution in [1.82, 2.24) is 0 Å². The molecule has 1 atom stereocenters. The zero-order valence-corrected chi connectivity index (χ0v) is 12.3. The summed E-state index contributed by atoms with van der Waals surface area (Å²) in [5.74, 6) is -0.195. The Balaban J connectivity index is 2.15. The van der Waals surface area contributed by atoms with Crippen LogP contribution < -0.4 is 5.73 Å². The molecule has 0 heterocycles. The average molecular weight is 355 g/mol. The van der Waals surface area contributed by atoms with E-state index >= 15 is 0 Å². The molecule has 0 fully saturated rings. The smallest absolute Gasteiger partial charge is 0.123 e. The van der Waals surface area contributed by atoms with Crippen LogP contribution in [-0.4, -0.2) is 0 Å². The first-order chi connectivity index (χ1) is 8.56. The summed E-state index contributed by atoms with van der Waals surface area (Å²) in [4.78, 5) is 0. The van der Waals surface area contributed by atoms with Gasteiger partial charge in [-0.15, -0.1) is 0 Å². The van der Waals surface area contributed by atoms with Gasteiger partial charge in [-0.25, -0.2) is 4.39 Å². The Bertz CT molecular complexity index is 537. The molecule has 0 aromatic heterocycles. The maximum Gasteiger partial charge on any atom is 0.123 e. The molecule has 0 aliphatic carbocycles. The molecule has 2 aromatic rings. The van der Waals surface area contributed by atoms with Gasteiger partial charge in [0.1, 0.15) is 5.82 Å². The van der Waals surface area contributed by atoms with Crippen LogP contribution in [0.15, 0.2) is 42.5 Å². The van der Waals surface area contributed by atoms with E-state index in [2.05, 4.69) is 22.6 Å². The van der Waals surface area contributed by atoms with Crippen molar-refractivity contribution in [3.05, 3.63) is 68.5 Å². The fourth-order valence-electron chi connectivity index (χ4n) is 1.95. The molecular formula is C15H15FIN. The Kier molecular flexibility index (Phi) is 4.35. The highest BCUT2D eigenvalue weighted by Gasteiger charge is 2.09. The molecule has 0 saturated heterocycles. The van der Waals surface area contributed by atoms with Gasteiger partial charge in [0.2, 0.25) is 0 Å². The predicted octanol–water partition coefficient (Wildman–Crippen LogP) is 3.98. The van der Waals surface area contributed by atoms with Crippen LogP contribution in [0.5, 0.6) is 0 Å². The minimum atomic E-state index is -0.195. The van der Waals surface area contributed by atoms with Crippen molar-refractivity contribution in [3.8, 4) is 0 Å². The molecule has 0 spiro atoms. The maximum absolute atomic E-state index is 13.0. The first-order valence-electron chi connectivity index (χ1n) is 5.82. The lowest BCUT2D eigenvalue weighted by molar-refractivity contribution is 0.624. The summed E-state index contributed by atoms with van der Waals surface area (Å²) in [5, 5.41) is 0. The standard InChI is InChI=1S/C15H15FIN/c1-10-8-13(16)5-2-12(10)9-15(18)11-3-6-14(17)7-4-11/h2-8,15H,9,18H2,1H3. The number of aryl methyl sites for hydroxylation is 1. The van der Waals surface area contributed by atoms with Crippen molar-refractivity contribution in [1.29, 1.82) is 0 Å². The Morgan fingerprint density at radius 3 is 2.44 bits per heavy atom. The van der Waals surface area contributed by atoms with Gasteiger partial charge in [0, 0.05) is 9.61 Å². The van der Waals surface area contributed by atoms with Crippen LogP contribution in [0.2, 0.25) is 0 Å². The molecule has 0 radical (unpaired) electrons. The summed E-state index contributed by atoms with van der Waals surface area (Å²) in [6.45, 7) is 1.92. The van der Waals surface area contributed by atoms with Gasteiger partial charge in [0.25, 0.3) is 0 Å². The third kappa shape index (κ3) is 3.29. The summed E-state index contributed by atoms with van der Waals surface area (Å²) < 4.78 is 14.2. The molecule has 2 N–H and O–H groups in total. The number of benzene rings is 2. The number of hydrogen-bond donors (Lipinski definition) is 1. The van der Waals surface area contributed by atoms with Gasteiger partial charge >= 0.3 is 0 Å². The molecule has 0 bridgehead atoms. The number of rotatable bonds is 3. The summed E-state index contributed by atoms with van der Waals surface area (Å²) in [7, 11) is 0. The normalized spacial score (nSPS) is 12.4. The largest absolute Gasteiger partial charge is 0.324 e. The van der Waals surface area contributed by atoms with Crippen LogP contribution in [0, 0.1) is 16.3 Å². The van der Waals surface area contributed by atoms with E-state index in [1.807, 2.05) is 37.3 Å². The molecule has 18 heavy (non-hydrogen) atoms. The third-order valence-electron chi connectivity index (χ3n) is 3.04. The van der Waals surface area contributed by atoms with E-state index in [9.17, 15) is 4.39 Å². The molecule has 2 aromatic carbocycles. The molecule has 2 rings (SSSR count). The molecule has 3 heteroatoms. The van der Waals surface area contributed by atoms with Crippen LogP contribution in [0.1, 0.15) is 22.7 Å². The Labute approximate surface area is 120 Å². The van der Waals surface area contributed by atoms with Gasteiger partial charge in [-0.05, 0) is 76.9 Å². The monoisotopic (exact) mass is 355 g/mol. The minimum Gasteiger partial charge on any atom is -0.324 e. The van der Waals surface area contributed by atoms with Crippen molar-refractivity contribution in [2.75, 3.05) is 0 Å². The van der Waals surface area contributed by atoms with Crippen molar-refractivity contribution < 1.29 is 4.39 Å². The zero-order chi connectivity index (χ0) is 13.1. The average Bonchev–Trinajstić information content (AvgIpc) is 2.33. The Hall–Kier alpha value is -0.940. The van der Waals surface area contributed by atoms with Crippen molar-refractivity contribution >= 4 is 22.6 Å². The second kappa shape index (κ2) is 5.80. The van der Waals surface area contributed by atoms with Crippen LogP contribution in [-0.2, 0) is 6.42 Å². The van der Waals surface area contributed by atoms with Gasteiger partial charge in [-0.2, -0.15) is 0 Å². The molecular weight excluding hydrogens is 340 g/mol. The third-order valence-corrected chi connectivity index (χ3v) is 3.76. The zero-order valence-electron chi connectivity index (χ0n) is 10.2. The van der Waals surface area contributed by atoms with E-state index < -0.39 is 0 Å². The lowest BCUT2D eigenvalue weighted by Gasteiger charge is -2.14. The van der Waals surface area contributed by atoms with Gasteiger partial charge in [0.15, 0.2) is 0 Å². The van der Waals surface area contributed by atoms with Crippen molar-refractivity contribution in [2.24, 2.45) is 5.73 Å². The number of hydrogen-bond acceptors (Lipinski definition) is 1. The van der Waals surface area contributed by atoms with E-state index in [0.717, 1.165) is 23.1 Å². The van der Waals surface area contributed by atoms with Gasteiger partial charge in [-0.3, -0.25) is 0 Å². The first kappa shape index (κ1) is 13.5. The summed E-state index contributed by atoms with van der Waals surface area (Å²) in [6, 6.07) is 13.0. The molecule has 0 aliphatic rings. The highest BCUT2D eigenvalue weighted by Crippen LogP contribution is 2.20. The first-order valence-corrected chi connectivity index (χ1v) is 6.90. The second-order valence-electron chi connectivity index (χ2n) is 4.43. The fraction of sp³-hybridized carbons (Fsp3) is 0.200. The Morgan fingerprint density at radius 2 is 1.83 bits per heavy atom. The Morgan fingerprint density at radius 1 is 1.17 bits per heavy atom. The van der Waals surface area contributed by atoms with Crippen molar-refractivity contribution in [3.63, 3.8) is 0 Å². The molecule has 94 valence electrons. The highest BCUT2D eigenvalue weighted by molar-refractivity contribution is 14.1. The highest BCUT2D eigenvalue weighted by atomic mass is 127. The van der Waals surface area contributed by atoms with E-state index in [0.29, 0.717) is 0 Å². The quantitative estimate of drug-likeness (QED) is 0.829. The maximum atomic E-state index is 13.0. The van der Waals surface area contributed by atoms with Crippen molar-refractivity contribution in [2.45, 2.75) is 19.4 Å². The van der Waals surface area contributed by atoms with E-state index in [1.165, 1.54) is 9.64 Å². The molecule has 1 unspecified atom stereocenters. The van der Waals surface area contributed by atoms with E-state index in [4.69, 9.17) is 5.73 Å². The number of halogens is 2. The lowest BCUT2D eigenvalue weighted by Crippen LogP contribution is -2.14. The molecule has 0 saturated carbocycles. The topological polar surface area (TPSA) is 26.0 Å². The van der Waals surface area contributed by atoms with Gasteiger partial charge < -0.3 is 5.73 Å². The predicted molar refractivity (Wildman–Crippen MR) is 80.9 cm³/mol. The molecule has 1 nitrogen and oxygen atoms in total. The van der Waals surface area contributed by atoms with E-state index in [-0.39, 0.29) is 11.9 Å².